The van der Waals surface area contributed by atoms with Crippen LogP contribution < -0.4 is 10.6 Å². The highest BCUT2D eigenvalue weighted by molar-refractivity contribution is 5.92. The van der Waals surface area contributed by atoms with Gasteiger partial charge in [0.25, 0.3) is 5.91 Å². The van der Waals surface area contributed by atoms with Crippen LogP contribution in [0.2, 0.25) is 0 Å². The van der Waals surface area contributed by atoms with E-state index in [1.54, 1.807) is 12.3 Å². The van der Waals surface area contributed by atoms with Gasteiger partial charge in [-0.15, -0.1) is 0 Å². The Labute approximate surface area is 129 Å². The maximum absolute atomic E-state index is 12.1. The molecule has 22 heavy (non-hydrogen) atoms. The highest BCUT2D eigenvalue weighted by atomic mass is 16.5. The van der Waals surface area contributed by atoms with Gasteiger partial charge in [-0.3, -0.25) is 4.79 Å². The van der Waals surface area contributed by atoms with Gasteiger partial charge in [0.05, 0.1) is 12.2 Å². The third kappa shape index (κ3) is 4.14. The summed E-state index contributed by atoms with van der Waals surface area (Å²) in [5.41, 5.74) is 0.364. The van der Waals surface area contributed by atoms with E-state index >= 15 is 0 Å². The smallest absolute Gasteiger partial charge is 0.270 e. The standard InChI is InChI=1S/C15H22N4O3/c20-14(17-9-11-3-1-7-21-11)13-5-6-16-15(19-13)18-10-12-4-2-8-22-12/h5-6,11-12H,1-4,7-10H2,(H,17,20)(H,16,18,19). The average molecular weight is 306 g/mol. The lowest BCUT2D eigenvalue weighted by Gasteiger charge is -2.12. The molecule has 1 aromatic rings. The molecule has 3 rings (SSSR count). The summed E-state index contributed by atoms with van der Waals surface area (Å²) >= 11 is 0. The van der Waals surface area contributed by atoms with E-state index in [-0.39, 0.29) is 18.1 Å². The van der Waals surface area contributed by atoms with Crippen molar-refractivity contribution in [2.75, 3.05) is 31.6 Å². The summed E-state index contributed by atoms with van der Waals surface area (Å²) < 4.78 is 11.0. The Balaban J connectivity index is 1.49. The SMILES string of the molecule is O=C(NCC1CCCO1)c1ccnc(NCC2CCCO2)n1. The van der Waals surface area contributed by atoms with Gasteiger partial charge in [-0.25, -0.2) is 9.97 Å². The van der Waals surface area contributed by atoms with Crippen LogP contribution in [0, 0.1) is 0 Å². The topological polar surface area (TPSA) is 85.4 Å². The molecule has 2 N–H and O–H groups in total. The molecule has 0 saturated carbocycles. The first-order valence-corrected chi connectivity index (χ1v) is 7.89. The van der Waals surface area contributed by atoms with Crippen molar-refractivity contribution < 1.29 is 14.3 Å². The van der Waals surface area contributed by atoms with Gasteiger partial charge in [0.2, 0.25) is 5.95 Å². The summed E-state index contributed by atoms with van der Waals surface area (Å²) in [6.45, 7) is 2.80. The predicted octanol–water partition coefficient (Wildman–Crippen LogP) is 0.976. The maximum Gasteiger partial charge on any atom is 0.270 e. The van der Waals surface area contributed by atoms with E-state index in [0.717, 1.165) is 38.9 Å². The second-order valence-corrected chi connectivity index (χ2v) is 5.63. The molecule has 2 saturated heterocycles. The summed E-state index contributed by atoms with van der Waals surface area (Å²) in [7, 11) is 0. The molecule has 0 aromatic carbocycles. The van der Waals surface area contributed by atoms with Gasteiger partial charge in [0.1, 0.15) is 5.69 Å². The Morgan fingerprint density at radius 1 is 1.18 bits per heavy atom. The number of nitrogens with zero attached hydrogens (tertiary/aromatic N) is 2. The van der Waals surface area contributed by atoms with E-state index in [2.05, 4.69) is 20.6 Å². The first-order chi connectivity index (χ1) is 10.8. The number of hydrogen-bond acceptors (Lipinski definition) is 6. The second-order valence-electron chi connectivity index (χ2n) is 5.63. The highest BCUT2D eigenvalue weighted by Crippen LogP contribution is 2.13. The van der Waals surface area contributed by atoms with Crippen molar-refractivity contribution in [3.8, 4) is 0 Å². The van der Waals surface area contributed by atoms with Crippen LogP contribution in [-0.4, -0.2) is 54.4 Å². The summed E-state index contributed by atoms with van der Waals surface area (Å²) in [5, 5.41) is 5.99. The monoisotopic (exact) mass is 306 g/mol. The first kappa shape index (κ1) is 15.2. The Morgan fingerprint density at radius 3 is 2.59 bits per heavy atom. The van der Waals surface area contributed by atoms with Crippen molar-refractivity contribution in [2.24, 2.45) is 0 Å². The van der Waals surface area contributed by atoms with E-state index in [1.165, 1.54) is 0 Å². The Morgan fingerprint density at radius 2 is 1.91 bits per heavy atom. The van der Waals surface area contributed by atoms with E-state index < -0.39 is 0 Å². The van der Waals surface area contributed by atoms with Crippen LogP contribution in [0.3, 0.4) is 0 Å². The van der Waals surface area contributed by atoms with Crippen LogP contribution in [0.4, 0.5) is 5.95 Å². The molecule has 2 unspecified atom stereocenters. The first-order valence-electron chi connectivity index (χ1n) is 7.89. The molecule has 1 amide bonds. The van der Waals surface area contributed by atoms with Gasteiger partial charge in [-0.2, -0.15) is 0 Å². The largest absolute Gasteiger partial charge is 0.376 e. The molecular formula is C15H22N4O3. The van der Waals surface area contributed by atoms with Crippen molar-refractivity contribution in [3.63, 3.8) is 0 Å². The van der Waals surface area contributed by atoms with Crippen LogP contribution >= 0.6 is 0 Å². The van der Waals surface area contributed by atoms with E-state index in [1.807, 2.05) is 0 Å². The fourth-order valence-electron chi connectivity index (χ4n) is 2.68. The Bertz CT molecular complexity index is 499. The van der Waals surface area contributed by atoms with Crippen molar-refractivity contribution in [1.82, 2.24) is 15.3 Å². The zero-order valence-electron chi connectivity index (χ0n) is 12.6. The lowest BCUT2D eigenvalue weighted by molar-refractivity contribution is 0.0853. The molecule has 7 heteroatoms. The summed E-state index contributed by atoms with van der Waals surface area (Å²) in [5.74, 6) is 0.262. The number of anilines is 1. The zero-order valence-corrected chi connectivity index (χ0v) is 12.6. The van der Waals surface area contributed by atoms with Crippen LogP contribution in [0.15, 0.2) is 12.3 Å². The van der Waals surface area contributed by atoms with Gasteiger partial charge in [0, 0.05) is 32.5 Å². The molecule has 0 aliphatic carbocycles. The van der Waals surface area contributed by atoms with Gasteiger partial charge in [-0.05, 0) is 31.7 Å². The summed E-state index contributed by atoms with van der Waals surface area (Å²) in [6, 6.07) is 1.61. The fourth-order valence-corrected chi connectivity index (χ4v) is 2.68. The predicted molar refractivity (Wildman–Crippen MR) is 80.8 cm³/mol. The van der Waals surface area contributed by atoms with Crippen LogP contribution in [0.25, 0.3) is 0 Å². The molecule has 3 heterocycles. The number of hydrogen-bond donors (Lipinski definition) is 2. The number of ether oxygens (including phenoxy) is 2. The van der Waals surface area contributed by atoms with Crippen LogP contribution in [-0.2, 0) is 9.47 Å². The van der Waals surface area contributed by atoms with Gasteiger partial charge in [-0.1, -0.05) is 0 Å². The van der Waals surface area contributed by atoms with E-state index in [4.69, 9.17) is 9.47 Å². The lowest BCUT2D eigenvalue weighted by atomic mass is 10.2. The lowest BCUT2D eigenvalue weighted by Crippen LogP contribution is -2.32. The molecule has 7 nitrogen and oxygen atoms in total. The van der Waals surface area contributed by atoms with Gasteiger partial charge >= 0.3 is 0 Å². The molecule has 120 valence electrons. The molecule has 2 aliphatic rings. The van der Waals surface area contributed by atoms with Crippen molar-refractivity contribution in [2.45, 2.75) is 37.9 Å². The quantitative estimate of drug-likeness (QED) is 0.815. The Hall–Kier alpha value is -1.73. The van der Waals surface area contributed by atoms with Crippen LogP contribution in [0.5, 0.6) is 0 Å². The molecule has 0 bridgehead atoms. The highest BCUT2D eigenvalue weighted by Gasteiger charge is 2.18. The molecule has 2 aliphatic heterocycles. The Kier molecular flexibility index (Phi) is 5.18. The number of nitrogens with one attached hydrogen (secondary N) is 2. The molecule has 2 atom stereocenters. The molecule has 0 radical (unpaired) electrons. The molecular weight excluding hydrogens is 284 g/mol. The number of rotatable bonds is 6. The van der Waals surface area contributed by atoms with Crippen LogP contribution in [0.1, 0.15) is 36.2 Å². The van der Waals surface area contributed by atoms with Crippen molar-refractivity contribution in [1.29, 1.82) is 0 Å². The third-order valence-corrected chi connectivity index (χ3v) is 3.91. The normalized spacial score (nSPS) is 24.4. The minimum Gasteiger partial charge on any atom is -0.376 e. The number of aromatic nitrogens is 2. The van der Waals surface area contributed by atoms with Crippen molar-refractivity contribution in [3.05, 3.63) is 18.0 Å². The van der Waals surface area contributed by atoms with Gasteiger partial charge < -0.3 is 20.1 Å². The number of carbonyl (C=O) groups excluding carboxylic acids is 1. The second kappa shape index (κ2) is 7.51. The molecule has 0 spiro atoms. The van der Waals surface area contributed by atoms with E-state index in [0.29, 0.717) is 24.7 Å². The van der Waals surface area contributed by atoms with Gasteiger partial charge in [0.15, 0.2) is 0 Å². The van der Waals surface area contributed by atoms with Crippen molar-refractivity contribution >= 4 is 11.9 Å². The minimum atomic E-state index is -0.196. The summed E-state index contributed by atoms with van der Waals surface area (Å²) in [4.78, 5) is 20.5. The molecule has 2 fully saturated rings. The summed E-state index contributed by atoms with van der Waals surface area (Å²) in [6.07, 6.45) is 6.13. The molecule has 1 aromatic heterocycles. The third-order valence-electron chi connectivity index (χ3n) is 3.91. The number of amides is 1. The van der Waals surface area contributed by atoms with E-state index in [9.17, 15) is 4.79 Å². The zero-order chi connectivity index (χ0) is 15.2. The average Bonchev–Trinajstić information content (AvgIpc) is 3.24. The maximum atomic E-state index is 12.1. The minimum absolute atomic E-state index is 0.128. The number of carbonyl (C=O) groups is 1. The fraction of sp³-hybridized carbons (Fsp3) is 0.667.